The molecule has 7 heteroatoms. The molecule has 2 aromatic rings. The molecule has 2 N–H and O–H groups in total. The van der Waals surface area contributed by atoms with E-state index in [4.69, 9.17) is 28.9 Å². The van der Waals surface area contributed by atoms with E-state index >= 15 is 0 Å². The van der Waals surface area contributed by atoms with Gasteiger partial charge in [0.05, 0.1) is 0 Å². The number of hydrogen-bond donors (Lipinski definition) is 1. The second-order valence-electron chi connectivity index (χ2n) is 7.44. The summed E-state index contributed by atoms with van der Waals surface area (Å²) >= 11 is 12.0. The summed E-state index contributed by atoms with van der Waals surface area (Å²) < 4.78 is 42.6. The molecular weight excluding hydrogens is 396 g/mol. The highest BCUT2D eigenvalue weighted by Crippen LogP contribution is 2.49. The molecule has 1 fully saturated rings. The number of rotatable bonds is 2. The third kappa shape index (κ3) is 3.20. The predicted octanol–water partition coefficient (Wildman–Crippen LogP) is 5.65. The van der Waals surface area contributed by atoms with E-state index in [1.54, 1.807) is 4.90 Å². The summed E-state index contributed by atoms with van der Waals surface area (Å²) in [7, 11) is 0. The Hall–Kier alpha value is -1.43. The molecule has 0 saturated carbocycles. The highest BCUT2D eigenvalue weighted by Gasteiger charge is 2.59. The number of aryl methyl sites for hydroxylation is 1. The first-order chi connectivity index (χ1) is 12.7. The maximum atomic E-state index is 14.2. The van der Waals surface area contributed by atoms with E-state index < -0.39 is 11.6 Å². The van der Waals surface area contributed by atoms with E-state index in [2.05, 4.69) is 0 Å². The number of benzene rings is 2. The number of hydrogen-bond acceptors (Lipinski definition) is 2. The first-order valence-corrected chi connectivity index (χ1v) is 9.62. The average Bonchev–Trinajstić information content (AvgIpc) is 3.19. The molecule has 4 rings (SSSR count). The van der Waals surface area contributed by atoms with Crippen LogP contribution in [0, 0.1) is 0 Å². The van der Waals surface area contributed by atoms with Gasteiger partial charge in [-0.2, -0.15) is 13.2 Å². The van der Waals surface area contributed by atoms with Crippen molar-refractivity contribution in [2.24, 2.45) is 5.73 Å². The Bertz CT molecular complexity index is 864. The summed E-state index contributed by atoms with van der Waals surface area (Å²) in [6, 6.07) is 10.1. The van der Waals surface area contributed by atoms with E-state index in [-0.39, 0.29) is 34.6 Å². The number of nitrogens with two attached hydrogens (primary N) is 1. The van der Waals surface area contributed by atoms with Crippen molar-refractivity contribution in [2.45, 2.75) is 36.9 Å². The standard InChI is InChI=1S/C20H19Cl2F3N2/c21-14-8-13(9-15(22)10-14)19(20(23,24)25)5-6-27(11-19)16-2-3-17-12(7-16)1-4-18(17)26/h2-3,7-10,18H,1,4-6,11,26H2. The van der Waals surface area contributed by atoms with Gasteiger partial charge in [0, 0.05) is 34.9 Å². The lowest BCUT2D eigenvalue weighted by Gasteiger charge is -2.33. The number of anilines is 1. The van der Waals surface area contributed by atoms with Crippen LogP contribution in [0.4, 0.5) is 18.9 Å². The summed E-state index contributed by atoms with van der Waals surface area (Å²) in [6.07, 6.45) is -2.70. The predicted molar refractivity (Wildman–Crippen MR) is 103 cm³/mol. The summed E-state index contributed by atoms with van der Waals surface area (Å²) in [5.41, 5.74) is 7.24. The van der Waals surface area contributed by atoms with Gasteiger partial charge < -0.3 is 10.6 Å². The molecule has 2 aromatic carbocycles. The Labute approximate surface area is 166 Å². The number of fused-ring (bicyclic) bond motifs is 1. The molecule has 2 nitrogen and oxygen atoms in total. The molecule has 144 valence electrons. The maximum Gasteiger partial charge on any atom is 0.400 e. The highest BCUT2D eigenvalue weighted by atomic mass is 35.5. The van der Waals surface area contributed by atoms with Gasteiger partial charge in [-0.1, -0.05) is 29.3 Å². The fraction of sp³-hybridized carbons (Fsp3) is 0.400. The lowest BCUT2D eigenvalue weighted by atomic mass is 9.79. The van der Waals surface area contributed by atoms with E-state index in [1.165, 1.54) is 18.2 Å². The molecule has 2 atom stereocenters. The first-order valence-electron chi connectivity index (χ1n) is 8.86. The number of halogens is 5. The molecule has 27 heavy (non-hydrogen) atoms. The van der Waals surface area contributed by atoms with Gasteiger partial charge in [0.15, 0.2) is 0 Å². The van der Waals surface area contributed by atoms with E-state index in [9.17, 15) is 13.2 Å². The van der Waals surface area contributed by atoms with Crippen LogP contribution in [0.2, 0.25) is 10.0 Å². The normalized spacial score (nSPS) is 25.1. The Balaban J connectivity index is 1.71. The summed E-state index contributed by atoms with van der Waals surface area (Å²) in [5, 5.41) is 0.428. The second-order valence-corrected chi connectivity index (χ2v) is 8.31. The van der Waals surface area contributed by atoms with Crippen LogP contribution < -0.4 is 10.6 Å². The van der Waals surface area contributed by atoms with Crippen LogP contribution in [0.1, 0.15) is 35.6 Å². The quantitative estimate of drug-likeness (QED) is 0.687. The molecule has 1 heterocycles. The topological polar surface area (TPSA) is 29.3 Å². The van der Waals surface area contributed by atoms with Crippen molar-refractivity contribution < 1.29 is 13.2 Å². The zero-order chi connectivity index (χ0) is 19.4. The van der Waals surface area contributed by atoms with Crippen molar-refractivity contribution in [1.82, 2.24) is 0 Å². The summed E-state index contributed by atoms with van der Waals surface area (Å²) in [5.74, 6) is 0. The number of alkyl halides is 3. The molecule has 0 radical (unpaired) electrons. The summed E-state index contributed by atoms with van der Waals surface area (Å²) in [4.78, 5) is 1.80. The van der Waals surface area contributed by atoms with Crippen molar-refractivity contribution in [3.8, 4) is 0 Å². The van der Waals surface area contributed by atoms with Crippen molar-refractivity contribution in [3.63, 3.8) is 0 Å². The monoisotopic (exact) mass is 414 g/mol. The fourth-order valence-corrected chi connectivity index (χ4v) is 4.85. The molecule has 0 amide bonds. The Morgan fingerprint density at radius 2 is 1.78 bits per heavy atom. The van der Waals surface area contributed by atoms with Gasteiger partial charge in [-0.25, -0.2) is 0 Å². The second kappa shape index (κ2) is 6.57. The van der Waals surface area contributed by atoms with Gasteiger partial charge in [-0.05, 0) is 66.3 Å². The minimum atomic E-state index is -4.41. The van der Waals surface area contributed by atoms with Crippen LogP contribution in [0.15, 0.2) is 36.4 Å². The van der Waals surface area contributed by atoms with Crippen LogP contribution in [0.5, 0.6) is 0 Å². The lowest BCUT2D eigenvalue weighted by molar-refractivity contribution is -0.184. The van der Waals surface area contributed by atoms with Gasteiger partial charge >= 0.3 is 6.18 Å². The molecule has 0 aromatic heterocycles. The molecular formula is C20H19Cl2F3N2. The molecule has 2 aliphatic rings. The minimum absolute atomic E-state index is 0.0236. The average molecular weight is 415 g/mol. The van der Waals surface area contributed by atoms with Gasteiger partial charge in [0.25, 0.3) is 0 Å². The largest absolute Gasteiger partial charge is 0.400 e. The van der Waals surface area contributed by atoms with E-state index in [1.807, 2.05) is 18.2 Å². The highest BCUT2D eigenvalue weighted by molar-refractivity contribution is 6.34. The Morgan fingerprint density at radius 3 is 2.44 bits per heavy atom. The van der Waals surface area contributed by atoms with Crippen LogP contribution >= 0.6 is 23.2 Å². The smallest absolute Gasteiger partial charge is 0.370 e. The fourth-order valence-electron chi connectivity index (χ4n) is 4.32. The van der Waals surface area contributed by atoms with E-state index in [0.29, 0.717) is 6.54 Å². The molecule has 0 bridgehead atoms. The van der Waals surface area contributed by atoms with Crippen molar-refractivity contribution in [2.75, 3.05) is 18.0 Å². The lowest BCUT2D eigenvalue weighted by Crippen LogP contribution is -2.44. The molecule has 2 unspecified atom stereocenters. The van der Waals surface area contributed by atoms with Crippen LogP contribution in [-0.2, 0) is 11.8 Å². The van der Waals surface area contributed by atoms with E-state index in [0.717, 1.165) is 29.7 Å². The zero-order valence-electron chi connectivity index (χ0n) is 14.5. The molecule has 0 spiro atoms. The van der Waals surface area contributed by atoms with Crippen molar-refractivity contribution in [1.29, 1.82) is 0 Å². The van der Waals surface area contributed by atoms with Gasteiger partial charge in [-0.15, -0.1) is 0 Å². The van der Waals surface area contributed by atoms with Crippen molar-refractivity contribution in [3.05, 3.63) is 63.1 Å². The Morgan fingerprint density at radius 1 is 1.07 bits per heavy atom. The van der Waals surface area contributed by atoms with Gasteiger partial charge in [0.2, 0.25) is 0 Å². The third-order valence-electron chi connectivity index (χ3n) is 5.84. The molecule has 1 saturated heterocycles. The number of nitrogens with zero attached hydrogens (tertiary/aromatic N) is 1. The first kappa shape index (κ1) is 18.9. The summed E-state index contributed by atoms with van der Waals surface area (Å²) in [6.45, 7) is 0.159. The van der Waals surface area contributed by atoms with Crippen LogP contribution in [0.3, 0.4) is 0 Å². The zero-order valence-corrected chi connectivity index (χ0v) is 16.0. The maximum absolute atomic E-state index is 14.2. The third-order valence-corrected chi connectivity index (χ3v) is 6.28. The molecule has 1 aliphatic heterocycles. The van der Waals surface area contributed by atoms with Crippen LogP contribution in [-0.4, -0.2) is 19.3 Å². The Kier molecular flexibility index (Phi) is 4.60. The van der Waals surface area contributed by atoms with Crippen LogP contribution in [0.25, 0.3) is 0 Å². The minimum Gasteiger partial charge on any atom is -0.370 e. The molecule has 1 aliphatic carbocycles. The SMILES string of the molecule is NC1CCc2cc(N3CCC(c4cc(Cl)cc(Cl)c4)(C(F)(F)F)C3)ccc21. The van der Waals surface area contributed by atoms with Crippen molar-refractivity contribution >= 4 is 28.9 Å². The van der Waals surface area contributed by atoms with Gasteiger partial charge in [-0.3, -0.25) is 0 Å². The van der Waals surface area contributed by atoms with Gasteiger partial charge in [0.1, 0.15) is 5.41 Å².